The first kappa shape index (κ1) is 43.7. The normalized spacial score (nSPS) is 12.9. The van der Waals surface area contributed by atoms with E-state index in [0.717, 1.165) is 32.1 Å². The highest BCUT2D eigenvalue weighted by molar-refractivity contribution is 5.76. The third-order valence-corrected chi connectivity index (χ3v) is 4.81. The predicted molar refractivity (Wildman–Crippen MR) is 151 cm³/mol. The number of nitrogens with two attached hydrogens (primary N) is 3. The van der Waals surface area contributed by atoms with Gasteiger partial charge in [-0.3, -0.25) is 4.79 Å². The number of carbonyl (C=O) groups is 3. The summed E-state index contributed by atoms with van der Waals surface area (Å²) in [5, 5.41) is 11.3. The molecular weight excluding hydrogens is 444 g/mol. The number of hydrogen-bond donors (Lipinski definition) is 5. The molecule has 1 amide bonds. The molecule has 0 aliphatic carbocycles. The second-order valence-corrected chi connectivity index (χ2v) is 9.19. The Bertz CT molecular complexity index is 414. The number of aldehydes is 2. The Morgan fingerprint density at radius 3 is 1.57 bits per heavy atom. The quantitative estimate of drug-likeness (QED) is 0.177. The lowest BCUT2D eigenvalue weighted by Crippen LogP contribution is -2.29. The van der Waals surface area contributed by atoms with Gasteiger partial charge in [-0.2, -0.15) is 0 Å². The molecule has 8 nitrogen and oxygen atoms in total. The van der Waals surface area contributed by atoms with Crippen molar-refractivity contribution in [1.29, 1.82) is 0 Å². The SMILES string of the molecule is CC(C)C=O.CC(O)CC=O.CCC(C)CC(CCN)C(N)=O.CCCCCC.CNC(C)CN. The van der Waals surface area contributed by atoms with E-state index in [-0.39, 0.29) is 24.2 Å². The molecule has 8 N–H and O–H groups in total. The molecule has 0 aromatic rings. The maximum atomic E-state index is 10.9. The predicted octanol–water partition coefficient (Wildman–Crippen LogP) is 3.81. The summed E-state index contributed by atoms with van der Waals surface area (Å²) in [4.78, 5) is 29.9. The van der Waals surface area contributed by atoms with Crippen LogP contribution in [0.2, 0.25) is 0 Å². The van der Waals surface area contributed by atoms with E-state index in [2.05, 4.69) is 33.0 Å². The van der Waals surface area contributed by atoms with E-state index < -0.39 is 6.10 Å². The molecule has 0 aliphatic heterocycles. The van der Waals surface area contributed by atoms with Gasteiger partial charge < -0.3 is 37.2 Å². The first-order valence-corrected chi connectivity index (χ1v) is 13.3. The van der Waals surface area contributed by atoms with Gasteiger partial charge in [0.1, 0.15) is 12.6 Å². The zero-order valence-corrected chi connectivity index (χ0v) is 24.5. The lowest BCUT2D eigenvalue weighted by Gasteiger charge is -2.15. The minimum absolute atomic E-state index is 0.0232. The van der Waals surface area contributed by atoms with Gasteiger partial charge in [-0.15, -0.1) is 0 Å². The van der Waals surface area contributed by atoms with Gasteiger partial charge in [0.05, 0.1) is 6.10 Å². The average molecular weight is 507 g/mol. The standard InChI is InChI=1S/C9H20N2O.C6H14.C4H12N2.C4H8O2.C4H8O/c1-3-7(2)6-8(4-5-10)9(11)12;1-3-5-6-4-2;1-4(3-5)6-2;1-4(6)2-3-5;1-4(2)3-5/h7-8H,3-6,10H2,1-2H3,(H2,11,12);3-6H2,1-2H3;4,6H,3,5H2,1-2H3;3-4,6H,2H2,1H3;3-4H,1-2H3. The fourth-order valence-electron chi connectivity index (χ4n) is 1.99. The Kier molecular flexibility index (Phi) is 46.5. The van der Waals surface area contributed by atoms with Crippen molar-refractivity contribution >= 4 is 18.5 Å². The van der Waals surface area contributed by atoms with Crippen molar-refractivity contribution in [2.24, 2.45) is 35.0 Å². The topological polar surface area (TPSA) is 162 Å². The van der Waals surface area contributed by atoms with Crippen molar-refractivity contribution in [3.63, 3.8) is 0 Å². The molecule has 0 spiro atoms. The molecule has 214 valence electrons. The van der Waals surface area contributed by atoms with Gasteiger partial charge in [-0.1, -0.05) is 73.6 Å². The second kappa shape index (κ2) is 37.2. The summed E-state index contributed by atoms with van der Waals surface area (Å²) in [5.74, 6) is 0.537. The molecule has 0 heterocycles. The van der Waals surface area contributed by atoms with E-state index in [0.29, 0.717) is 24.8 Å². The largest absolute Gasteiger partial charge is 0.393 e. The summed E-state index contributed by atoms with van der Waals surface area (Å²) in [6.45, 7) is 17.3. The van der Waals surface area contributed by atoms with E-state index in [4.69, 9.17) is 22.3 Å². The number of rotatable bonds is 14. The summed E-state index contributed by atoms with van der Waals surface area (Å²) in [5.41, 5.74) is 15.8. The fraction of sp³-hybridized carbons (Fsp3) is 0.889. The Morgan fingerprint density at radius 1 is 0.971 bits per heavy atom. The number of aliphatic hydroxyl groups is 1. The molecule has 0 saturated carbocycles. The van der Waals surface area contributed by atoms with E-state index in [9.17, 15) is 14.4 Å². The monoisotopic (exact) mass is 506 g/mol. The lowest BCUT2D eigenvalue weighted by atomic mass is 9.91. The molecule has 0 aromatic carbocycles. The van der Waals surface area contributed by atoms with Gasteiger partial charge in [0.25, 0.3) is 0 Å². The van der Waals surface area contributed by atoms with Crippen molar-refractivity contribution in [1.82, 2.24) is 5.32 Å². The van der Waals surface area contributed by atoms with Gasteiger partial charge in [-0.25, -0.2) is 0 Å². The maximum absolute atomic E-state index is 10.9. The molecule has 0 saturated heterocycles. The van der Waals surface area contributed by atoms with Crippen LogP contribution in [0.1, 0.15) is 107 Å². The highest BCUT2D eigenvalue weighted by Gasteiger charge is 2.16. The second-order valence-electron chi connectivity index (χ2n) is 9.19. The maximum Gasteiger partial charge on any atom is 0.220 e. The van der Waals surface area contributed by atoms with Gasteiger partial charge >= 0.3 is 0 Å². The number of nitrogens with one attached hydrogen (secondary N) is 1. The van der Waals surface area contributed by atoms with Crippen LogP contribution in [0.15, 0.2) is 0 Å². The van der Waals surface area contributed by atoms with E-state index >= 15 is 0 Å². The van der Waals surface area contributed by atoms with E-state index in [1.807, 2.05) is 27.8 Å². The minimum atomic E-state index is -0.470. The zero-order valence-electron chi connectivity index (χ0n) is 24.5. The first-order chi connectivity index (χ1) is 16.4. The van der Waals surface area contributed by atoms with Gasteiger partial charge in [0, 0.05) is 30.8 Å². The van der Waals surface area contributed by atoms with Gasteiger partial charge in [-0.05, 0) is 46.2 Å². The number of amides is 1. The Hall–Kier alpha value is -1.35. The summed E-state index contributed by atoms with van der Waals surface area (Å²) < 4.78 is 0. The van der Waals surface area contributed by atoms with Gasteiger partial charge in [0.2, 0.25) is 5.91 Å². The van der Waals surface area contributed by atoms with Crippen LogP contribution in [0, 0.1) is 17.8 Å². The summed E-state index contributed by atoms with van der Waals surface area (Å²) in [7, 11) is 1.90. The van der Waals surface area contributed by atoms with Crippen LogP contribution >= 0.6 is 0 Å². The highest BCUT2D eigenvalue weighted by atomic mass is 16.3. The number of aliphatic hydroxyl groups excluding tert-OH is 1. The number of primary amides is 1. The molecule has 0 aliphatic rings. The van der Waals surface area contributed by atoms with Crippen LogP contribution in [0.3, 0.4) is 0 Å². The van der Waals surface area contributed by atoms with Crippen LogP contribution < -0.4 is 22.5 Å². The smallest absolute Gasteiger partial charge is 0.220 e. The van der Waals surface area contributed by atoms with E-state index in [1.165, 1.54) is 25.7 Å². The van der Waals surface area contributed by atoms with Crippen molar-refractivity contribution in [2.45, 2.75) is 119 Å². The molecule has 0 fully saturated rings. The Morgan fingerprint density at radius 2 is 1.43 bits per heavy atom. The van der Waals surface area contributed by atoms with Crippen molar-refractivity contribution < 1.29 is 19.5 Å². The first-order valence-electron chi connectivity index (χ1n) is 13.3. The lowest BCUT2D eigenvalue weighted by molar-refractivity contribution is -0.122. The molecule has 35 heavy (non-hydrogen) atoms. The van der Waals surface area contributed by atoms with Crippen LogP contribution in [0.5, 0.6) is 0 Å². The zero-order chi connectivity index (χ0) is 28.7. The molecule has 0 radical (unpaired) electrons. The molecule has 4 unspecified atom stereocenters. The molecule has 0 aromatic heterocycles. The van der Waals surface area contributed by atoms with Crippen molar-refractivity contribution in [2.75, 3.05) is 20.1 Å². The third-order valence-electron chi connectivity index (χ3n) is 4.81. The van der Waals surface area contributed by atoms with Crippen LogP contribution in [-0.4, -0.2) is 55.9 Å². The summed E-state index contributed by atoms with van der Waals surface area (Å²) in [6.07, 6.45) is 9.62. The minimum Gasteiger partial charge on any atom is -0.393 e. The number of carbonyl (C=O) groups excluding carboxylic acids is 3. The molecule has 0 bridgehead atoms. The molecule has 8 heteroatoms. The molecule has 0 rings (SSSR count). The average Bonchev–Trinajstić information content (AvgIpc) is 2.83. The number of hydrogen-bond acceptors (Lipinski definition) is 7. The van der Waals surface area contributed by atoms with Crippen molar-refractivity contribution in [3.05, 3.63) is 0 Å². The number of unbranched alkanes of at least 4 members (excludes halogenated alkanes) is 3. The summed E-state index contributed by atoms with van der Waals surface area (Å²) >= 11 is 0. The van der Waals surface area contributed by atoms with Crippen LogP contribution in [0.4, 0.5) is 0 Å². The Balaban J connectivity index is -0.000000113. The molecule has 4 atom stereocenters. The number of likely N-dealkylation sites (N-methyl/N-ethyl adjacent to an activating group) is 1. The van der Waals surface area contributed by atoms with Crippen LogP contribution in [0.25, 0.3) is 0 Å². The van der Waals surface area contributed by atoms with Gasteiger partial charge in [0.15, 0.2) is 0 Å². The Labute approximate surface area is 217 Å². The van der Waals surface area contributed by atoms with Crippen LogP contribution in [-0.2, 0) is 14.4 Å². The van der Waals surface area contributed by atoms with E-state index in [1.54, 1.807) is 6.92 Å². The highest BCUT2D eigenvalue weighted by Crippen LogP contribution is 2.17. The fourth-order valence-corrected chi connectivity index (χ4v) is 1.99. The summed E-state index contributed by atoms with van der Waals surface area (Å²) in [6, 6.07) is 0.463. The third kappa shape index (κ3) is 54.8. The van der Waals surface area contributed by atoms with Crippen molar-refractivity contribution in [3.8, 4) is 0 Å². The molecular formula is C27H62N4O4.